The standard InChI is InChI=1S/C16H26F2O2/c17-14-4-1-5-15(16(14)18)20-11-13-8-6-12(7-9-13)3-2-10-19/h10,12-16H,1-9,11H2. The van der Waals surface area contributed by atoms with E-state index in [2.05, 4.69) is 0 Å². The lowest BCUT2D eigenvalue weighted by atomic mass is 9.80. The highest BCUT2D eigenvalue weighted by Crippen LogP contribution is 2.33. The summed E-state index contributed by atoms with van der Waals surface area (Å²) in [5.41, 5.74) is 0. The second-order valence-electron chi connectivity index (χ2n) is 6.39. The molecule has 2 nitrogen and oxygen atoms in total. The number of hydrogen-bond acceptors (Lipinski definition) is 2. The monoisotopic (exact) mass is 288 g/mol. The molecule has 0 bridgehead atoms. The first-order chi connectivity index (χ1) is 9.70. The van der Waals surface area contributed by atoms with Crippen molar-refractivity contribution in [2.24, 2.45) is 11.8 Å². The third-order valence-corrected chi connectivity index (χ3v) is 4.87. The average molecular weight is 288 g/mol. The molecule has 0 spiro atoms. The van der Waals surface area contributed by atoms with E-state index in [1.54, 1.807) is 0 Å². The van der Waals surface area contributed by atoms with Crippen molar-refractivity contribution in [2.75, 3.05) is 6.61 Å². The number of halogens is 2. The van der Waals surface area contributed by atoms with Gasteiger partial charge in [0.2, 0.25) is 0 Å². The van der Waals surface area contributed by atoms with E-state index in [1.165, 1.54) is 0 Å². The van der Waals surface area contributed by atoms with E-state index in [4.69, 9.17) is 4.74 Å². The molecule has 3 atom stereocenters. The molecule has 20 heavy (non-hydrogen) atoms. The van der Waals surface area contributed by atoms with Crippen molar-refractivity contribution in [1.29, 1.82) is 0 Å². The smallest absolute Gasteiger partial charge is 0.157 e. The van der Waals surface area contributed by atoms with Gasteiger partial charge in [0.15, 0.2) is 6.17 Å². The van der Waals surface area contributed by atoms with E-state index >= 15 is 0 Å². The van der Waals surface area contributed by atoms with Crippen molar-refractivity contribution in [3.63, 3.8) is 0 Å². The van der Waals surface area contributed by atoms with Gasteiger partial charge in [0.25, 0.3) is 0 Å². The minimum absolute atomic E-state index is 0.336. The molecular weight excluding hydrogens is 262 g/mol. The van der Waals surface area contributed by atoms with Gasteiger partial charge in [-0.2, -0.15) is 0 Å². The van der Waals surface area contributed by atoms with Crippen LogP contribution in [0, 0.1) is 11.8 Å². The van der Waals surface area contributed by atoms with Gasteiger partial charge in [0.1, 0.15) is 12.5 Å². The Kier molecular flexibility index (Phi) is 6.40. The molecule has 0 amide bonds. The largest absolute Gasteiger partial charge is 0.375 e. The van der Waals surface area contributed by atoms with Gasteiger partial charge in [-0.25, -0.2) is 8.78 Å². The summed E-state index contributed by atoms with van der Waals surface area (Å²) in [5.74, 6) is 1.14. The Hall–Kier alpha value is -0.510. The van der Waals surface area contributed by atoms with Crippen molar-refractivity contribution >= 4 is 6.29 Å². The van der Waals surface area contributed by atoms with E-state index in [1.807, 2.05) is 0 Å². The molecule has 0 aromatic heterocycles. The van der Waals surface area contributed by atoms with E-state index < -0.39 is 18.4 Å². The fourth-order valence-corrected chi connectivity index (χ4v) is 3.49. The number of rotatable bonds is 6. The van der Waals surface area contributed by atoms with E-state index in [9.17, 15) is 13.6 Å². The topological polar surface area (TPSA) is 26.3 Å². The normalized spacial score (nSPS) is 38.6. The van der Waals surface area contributed by atoms with E-state index in [0.717, 1.165) is 44.8 Å². The number of alkyl halides is 2. The second-order valence-corrected chi connectivity index (χ2v) is 6.39. The third-order valence-electron chi connectivity index (χ3n) is 4.87. The highest BCUT2D eigenvalue weighted by atomic mass is 19.2. The van der Waals surface area contributed by atoms with Gasteiger partial charge in [-0.05, 0) is 50.4 Å². The van der Waals surface area contributed by atoms with Gasteiger partial charge in [-0.1, -0.05) is 12.8 Å². The lowest BCUT2D eigenvalue weighted by Gasteiger charge is -2.32. The SMILES string of the molecule is O=CCCC1CCC(COC2CCCC(F)C2F)CC1. The van der Waals surface area contributed by atoms with Gasteiger partial charge in [-0.3, -0.25) is 0 Å². The van der Waals surface area contributed by atoms with Crippen LogP contribution < -0.4 is 0 Å². The minimum atomic E-state index is -1.44. The average Bonchev–Trinajstić information content (AvgIpc) is 2.48. The van der Waals surface area contributed by atoms with Crippen LogP contribution in [-0.2, 0) is 9.53 Å². The predicted molar refractivity (Wildman–Crippen MR) is 74.1 cm³/mol. The maximum atomic E-state index is 13.7. The Morgan fingerprint density at radius 2 is 1.70 bits per heavy atom. The van der Waals surface area contributed by atoms with Crippen LogP contribution in [0.2, 0.25) is 0 Å². The molecule has 3 unspecified atom stereocenters. The Bertz CT molecular complexity index is 290. The van der Waals surface area contributed by atoms with Crippen molar-refractivity contribution in [3.8, 4) is 0 Å². The molecule has 4 heteroatoms. The van der Waals surface area contributed by atoms with Crippen LogP contribution in [0.5, 0.6) is 0 Å². The van der Waals surface area contributed by atoms with Gasteiger partial charge in [-0.15, -0.1) is 0 Å². The molecule has 0 N–H and O–H groups in total. The Morgan fingerprint density at radius 3 is 2.40 bits per heavy atom. The Labute approximate surface area is 120 Å². The molecule has 2 aliphatic rings. The minimum Gasteiger partial charge on any atom is -0.375 e. The molecule has 116 valence electrons. The van der Waals surface area contributed by atoms with Crippen molar-refractivity contribution in [2.45, 2.75) is 76.2 Å². The van der Waals surface area contributed by atoms with Gasteiger partial charge in [0, 0.05) is 13.0 Å². The summed E-state index contributed by atoms with van der Waals surface area (Å²) in [6.07, 6.45) is 5.50. The highest BCUT2D eigenvalue weighted by Gasteiger charge is 2.34. The lowest BCUT2D eigenvalue weighted by molar-refractivity contribution is -0.108. The van der Waals surface area contributed by atoms with Crippen LogP contribution in [0.15, 0.2) is 0 Å². The van der Waals surface area contributed by atoms with Crippen LogP contribution in [-0.4, -0.2) is 31.3 Å². The summed E-state index contributed by atoms with van der Waals surface area (Å²) in [6.45, 7) is 0.568. The van der Waals surface area contributed by atoms with Crippen LogP contribution in [0.4, 0.5) is 8.78 Å². The highest BCUT2D eigenvalue weighted by molar-refractivity contribution is 5.49. The summed E-state index contributed by atoms with van der Waals surface area (Å²) >= 11 is 0. The first kappa shape index (κ1) is 15.9. The van der Waals surface area contributed by atoms with Crippen LogP contribution in [0.25, 0.3) is 0 Å². The molecule has 0 saturated heterocycles. The molecule has 2 rings (SSSR count). The summed E-state index contributed by atoms with van der Waals surface area (Å²) < 4.78 is 32.6. The molecule has 2 fully saturated rings. The first-order valence-electron chi connectivity index (χ1n) is 8.04. The molecule has 0 aliphatic heterocycles. The van der Waals surface area contributed by atoms with Crippen molar-refractivity contribution in [1.82, 2.24) is 0 Å². The molecule has 0 aromatic rings. The van der Waals surface area contributed by atoms with Crippen molar-refractivity contribution < 1.29 is 18.3 Å². The molecule has 2 aliphatic carbocycles. The zero-order valence-corrected chi connectivity index (χ0v) is 12.1. The second kappa shape index (κ2) is 8.06. The first-order valence-corrected chi connectivity index (χ1v) is 8.04. The maximum absolute atomic E-state index is 13.7. The van der Waals surface area contributed by atoms with Gasteiger partial charge >= 0.3 is 0 Å². The molecule has 0 aromatic carbocycles. The number of carbonyl (C=O) groups excluding carboxylic acids is 1. The van der Waals surface area contributed by atoms with Gasteiger partial charge in [0.05, 0.1) is 6.10 Å². The van der Waals surface area contributed by atoms with Crippen LogP contribution in [0.3, 0.4) is 0 Å². The quantitative estimate of drug-likeness (QED) is 0.690. The molecule has 2 saturated carbocycles. The van der Waals surface area contributed by atoms with E-state index in [0.29, 0.717) is 37.7 Å². The summed E-state index contributed by atoms with van der Waals surface area (Å²) in [5, 5.41) is 0. The number of hydrogen-bond donors (Lipinski definition) is 0. The van der Waals surface area contributed by atoms with Crippen molar-refractivity contribution in [3.05, 3.63) is 0 Å². The zero-order chi connectivity index (χ0) is 14.4. The summed E-state index contributed by atoms with van der Waals surface area (Å²) in [6, 6.07) is 0. The molecule has 0 radical (unpaired) electrons. The molecular formula is C16H26F2O2. The number of ether oxygens (including phenoxy) is 1. The number of carbonyl (C=O) groups is 1. The fourth-order valence-electron chi connectivity index (χ4n) is 3.49. The van der Waals surface area contributed by atoms with E-state index in [-0.39, 0.29) is 0 Å². The lowest BCUT2D eigenvalue weighted by Crippen LogP contribution is -2.38. The number of aldehydes is 1. The maximum Gasteiger partial charge on any atom is 0.157 e. The Balaban J connectivity index is 1.64. The third kappa shape index (κ3) is 4.51. The molecule has 0 heterocycles. The predicted octanol–water partition coefficient (Wildman–Crippen LogP) is 4.02. The fraction of sp³-hybridized carbons (Fsp3) is 0.938. The summed E-state index contributed by atoms with van der Waals surface area (Å²) in [7, 11) is 0. The van der Waals surface area contributed by atoms with Crippen LogP contribution in [0.1, 0.15) is 57.8 Å². The van der Waals surface area contributed by atoms with Crippen LogP contribution >= 0.6 is 0 Å². The van der Waals surface area contributed by atoms with Gasteiger partial charge < -0.3 is 9.53 Å². The Morgan fingerprint density at radius 1 is 1.00 bits per heavy atom. The zero-order valence-electron chi connectivity index (χ0n) is 12.1. The summed E-state index contributed by atoms with van der Waals surface area (Å²) in [4.78, 5) is 10.4.